The molecule has 1 aliphatic heterocycles. The molecular weight excluding hydrogens is 348 g/mol. The van der Waals surface area contributed by atoms with Crippen LogP contribution in [0.5, 0.6) is 0 Å². The van der Waals surface area contributed by atoms with Crippen molar-refractivity contribution in [1.82, 2.24) is 9.88 Å². The third-order valence-electron chi connectivity index (χ3n) is 4.20. The summed E-state index contributed by atoms with van der Waals surface area (Å²) < 4.78 is 5.05. The number of rotatable bonds is 6. The largest absolute Gasteiger partial charge is 0.481 e. The predicted octanol–water partition coefficient (Wildman–Crippen LogP) is 2.36. The van der Waals surface area contributed by atoms with Crippen LogP contribution in [0, 0.1) is 5.41 Å². The first-order valence-corrected chi connectivity index (χ1v) is 9.28. The lowest BCUT2D eigenvalue weighted by Crippen LogP contribution is -2.40. The molecule has 1 aliphatic rings. The van der Waals surface area contributed by atoms with E-state index in [4.69, 9.17) is 4.74 Å². The van der Waals surface area contributed by atoms with Gasteiger partial charge in [0.05, 0.1) is 23.6 Å². The second kappa shape index (κ2) is 7.00. The topological polar surface area (TPSA) is 79.7 Å². The molecule has 0 aromatic carbocycles. The van der Waals surface area contributed by atoms with E-state index in [0.717, 1.165) is 15.6 Å². The number of carbonyl (C=O) groups excluding carboxylic acids is 1. The number of carboxylic acid groups (broad SMARTS) is 1. The Hall–Kier alpha value is -1.77. The molecule has 1 atom stereocenters. The van der Waals surface area contributed by atoms with Crippen molar-refractivity contribution in [3.05, 3.63) is 28.6 Å². The third-order valence-corrected chi connectivity index (χ3v) is 6.13. The summed E-state index contributed by atoms with van der Waals surface area (Å²) in [4.78, 5) is 31.2. The highest BCUT2D eigenvalue weighted by Gasteiger charge is 2.46. The number of nitrogens with zero attached hydrogens (tertiary/aromatic N) is 2. The van der Waals surface area contributed by atoms with Crippen molar-refractivity contribution < 1.29 is 19.4 Å². The molecule has 1 amide bonds. The summed E-state index contributed by atoms with van der Waals surface area (Å²) >= 11 is 3.13. The fourth-order valence-corrected chi connectivity index (χ4v) is 4.52. The number of likely N-dealkylation sites (tertiary alicyclic amines) is 1. The minimum atomic E-state index is -0.991. The van der Waals surface area contributed by atoms with Crippen molar-refractivity contribution in [3.8, 4) is 9.88 Å². The highest BCUT2D eigenvalue weighted by molar-refractivity contribution is 7.20. The highest BCUT2D eigenvalue weighted by atomic mass is 32.1. The average molecular weight is 366 g/mol. The van der Waals surface area contributed by atoms with Gasteiger partial charge in [0.1, 0.15) is 10.4 Å². The van der Waals surface area contributed by atoms with Crippen molar-refractivity contribution in [3.63, 3.8) is 0 Å². The van der Waals surface area contributed by atoms with E-state index in [9.17, 15) is 14.7 Å². The summed E-state index contributed by atoms with van der Waals surface area (Å²) in [6.07, 6.45) is 0.615. The molecule has 1 N–H and O–H groups in total. The summed E-state index contributed by atoms with van der Waals surface area (Å²) in [5, 5.41) is 14.3. The molecule has 0 radical (unpaired) electrons. The van der Waals surface area contributed by atoms with Crippen molar-refractivity contribution in [2.75, 3.05) is 26.8 Å². The number of ether oxygens (including phenoxy) is 1. The third kappa shape index (κ3) is 3.35. The van der Waals surface area contributed by atoms with E-state index < -0.39 is 11.4 Å². The molecule has 6 nitrogen and oxygen atoms in total. The van der Waals surface area contributed by atoms with Gasteiger partial charge in [-0.25, -0.2) is 4.98 Å². The van der Waals surface area contributed by atoms with E-state index in [1.165, 1.54) is 18.4 Å². The first kappa shape index (κ1) is 17.1. The lowest BCUT2D eigenvalue weighted by molar-refractivity contribution is -0.151. The number of thiophene rings is 1. The minimum absolute atomic E-state index is 0.0859. The van der Waals surface area contributed by atoms with Gasteiger partial charge in [-0.3, -0.25) is 9.59 Å². The van der Waals surface area contributed by atoms with E-state index in [1.54, 1.807) is 16.2 Å². The Morgan fingerprint density at radius 2 is 2.29 bits per heavy atom. The van der Waals surface area contributed by atoms with E-state index in [-0.39, 0.29) is 25.5 Å². The molecule has 128 valence electrons. The number of carbonyl (C=O) groups is 2. The van der Waals surface area contributed by atoms with Gasteiger partial charge >= 0.3 is 5.97 Å². The zero-order valence-electron chi connectivity index (χ0n) is 13.2. The lowest BCUT2D eigenvalue weighted by atomic mass is 9.88. The molecule has 0 aliphatic carbocycles. The molecule has 24 heavy (non-hydrogen) atoms. The monoisotopic (exact) mass is 366 g/mol. The summed E-state index contributed by atoms with van der Waals surface area (Å²) in [5.74, 6) is -0.995. The van der Waals surface area contributed by atoms with Gasteiger partial charge < -0.3 is 14.7 Å². The van der Waals surface area contributed by atoms with Crippen molar-refractivity contribution >= 4 is 34.6 Å². The van der Waals surface area contributed by atoms with Crippen LogP contribution in [0.25, 0.3) is 9.88 Å². The molecule has 0 saturated carbocycles. The Balaban J connectivity index is 1.65. The lowest BCUT2D eigenvalue weighted by Gasteiger charge is -2.23. The maximum atomic E-state index is 12.5. The Labute approximate surface area is 147 Å². The number of amides is 1. The van der Waals surface area contributed by atoms with Crippen LogP contribution in [-0.4, -0.2) is 53.7 Å². The fourth-order valence-electron chi connectivity index (χ4n) is 2.88. The maximum Gasteiger partial charge on any atom is 0.313 e. The predicted molar refractivity (Wildman–Crippen MR) is 92.3 cm³/mol. The second-order valence-electron chi connectivity index (χ2n) is 5.88. The Morgan fingerprint density at radius 3 is 2.96 bits per heavy atom. The number of methoxy groups -OCH3 is 1. The van der Waals surface area contributed by atoms with Crippen molar-refractivity contribution in [1.29, 1.82) is 0 Å². The summed E-state index contributed by atoms with van der Waals surface area (Å²) in [6.45, 7) is 0.749. The fraction of sp³-hybridized carbons (Fsp3) is 0.438. The normalized spacial score (nSPS) is 20.5. The van der Waals surface area contributed by atoms with Crippen LogP contribution < -0.4 is 0 Å². The van der Waals surface area contributed by atoms with Crippen LogP contribution in [0.2, 0.25) is 0 Å². The number of aromatic nitrogens is 1. The zero-order chi connectivity index (χ0) is 17.2. The second-order valence-corrected chi connectivity index (χ2v) is 7.69. The molecule has 0 bridgehead atoms. The quantitative estimate of drug-likeness (QED) is 0.849. The molecule has 2 aromatic heterocycles. The standard InChI is InChI=1S/C16H18N2O4S2/c1-22-10-16(15(20)21)4-5-18(9-16)13(19)7-11-8-24-14(17-11)12-3-2-6-23-12/h2-3,6,8H,4-5,7,9-10H2,1H3,(H,20,21). The number of thiazole rings is 1. The molecule has 3 heterocycles. The first-order valence-electron chi connectivity index (χ1n) is 7.52. The molecule has 1 fully saturated rings. The zero-order valence-corrected chi connectivity index (χ0v) is 14.9. The van der Waals surface area contributed by atoms with Crippen molar-refractivity contribution in [2.45, 2.75) is 12.8 Å². The molecule has 0 spiro atoms. The van der Waals surface area contributed by atoms with Gasteiger partial charge in [-0.05, 0) is 17.9 Å². The molecule has 2 aromatic rings. The number of hydrogen-bond donors (Lipinski definition) is 1. The van der Waals surface area contributed by atoms with Gasteiger partial charge in [0, 0.05) is 25.6 Å². The van der Waals surface area contributed by atoms with Gasteiger partial charge in [-0.2, -0.15) is 0 Å². The van der Waals surface area contributed by atoms with Crippen LogP contribution in [0.3, 0.4) is 0 Å². The van der Waals surface area contributed by atoms with Crippen LogP contribution in [0.4, 0.5) is 0 Å². The molecule has 3 rings (SSSR count). The number of aliphatic carboxylic acids is 1. The Kier molecular flexibility index (Phi) is 4.98. The smallest absolute Gasteiger partial charge is 0.313 e. The summed E-state index contributed by atoms with van der Waals surface area (Å²) in [5.41, 5.74) is -0.262. The van der Waals surface area contributed by atoms with Crippen LogP contribution in [0.1, 0.15) is 12.1 Å². The highest BCUT2D eigenvalue weighted by Crippen LogP contribution is 2.32. The average Bonchev–Trinajstić information content (AvgIpc) is 3.28. The van der Waals surface area contributed by atoms with Gasteiger partial charge in [0.15, 0.2) is 0 Å². The van der Waals surface area contributed by atoms with Gasteiger partial charge in [-0.1, -0.05) is 6.07 Å². The number of carboxylic acids is 1. The molecular formula is C16H18N2O4S2. The van der Waals surface area contributed by atoms with Crippen molar-refractivity contribution in [2.24, 2.45) is 5.41 Å². The minimum Gasteiger partial charge on any atom is -0.481 e. The Bertz CT molecular complexity index is 728. The summed E-state index contributed by atoms with van der Waals surface area (Å²) in [6, 6.07) is 3.97. The van der Waals surface area contributed by atoms with Crippen LogP contribution in [-0.2, 0) is 20.7 Å². The molecule has 1 saturated heterocycles. The van der Waals surface area contributed by atoms with Gasteiger partial charge in [0.2, 0.25) is 5.91 Å². The van der Waals surface area contributed by atoms with E-state index in [0.29, 0.717) is 13.0 Å². The van der Waals surface area contributed by atoms with Gasteiger partial charge in [-0.15, -0.1) is 22.7 Å². The SMILES string of the molecule is COCC1(C(=O)O)CCN(C(=O)Cc2csc(-c3cccs3)n2)C1. The number of hydrogen-bond acceptors (Lipinski definition) is 6. The molecule has 8 heteroatoms. The summed E-state index contributed by atoms with van der Waals surface area (Å²) in [7, 11) is 1.48. The van der Waals surface area contributed by atoms with Crippen LogP contribution in [0.15, 0.2) is 22.9 Å². The van der Waals surface area contributed by atoms with E-state index in [1.807, 2.05) is 22.9 Å². The van der Waals surface area contributed by atoms with E-state index >= 15 is 0 Å². The van der Waals surface area contributed by atoms with Crippen LogP contribution >= 0.6 is 22.7 Å². The van der Waals surface area contributed by atoms with E-state index in [2.05, 4.69) is 4.98 Å². The maximum absolute atomic E-state index is 12.5. The molecule has 1 unspecified atom stereocenters. The Morgan fingerprint density at radius 1 is 1.46 bits per heavy atom. The van der Waals surface area contributed by atoms with Gasteiger partial charge in [0.25, 0.3) is 0 Å². The first-order chi connectivity index (χ1) is 11.5.